The Labute approximate surface area is 249 Å². The summed E-state index contributed by atoms with van der Waals surface area (Å²) in [6.07, 6.45) is 1.77. The Hall–Kier alpha value is -3.41. The Morgan fingerprint density at radius 3 is 2.60 bits per heavy atom. The van der Waals surface area contributed by atoms with Crippen molar-refractivity contribution in [3.63, 3.8) is 0 Å². The van der Waals surface area contributed by atoms with Crippen molar-refractivity contribution in [3.8, 4) is 11.3 Å². The van der Waals surface area contributed by atoms with E-state index in [1.165, 1.54) is 0 Å². The lowest BCUT2D eigenvalue weighted by Crippen LogP contribution is -2.50. The van der Waals surface area contributed by atoms with Gasteiger partial charge in [0.1, 0.15) is 23.6 Å². The lowest BCUT2D eigenvalue weighted by molar-refractivity contribution is 0.0208. The lowest BCUT2D eigenvalue weighted by Gasteiger charge is -2.41. The number of β-amino-alcohol motifs (C(OH)–C–C–N with tert-alkyl or cyclic N) is 1. The molecular weight excluding hydrogens is 559 g/mol. The fourth-order valence-corrected chi connectivity index (χ4v) is 6.57. The van der Waals surface area contributed by atoms with E-state index >= 15 is 8.78 Å². The summed E-state index contributed by atoms with van der Waals surface area (Å²) in [5.74, 6) is -1.14. The minimum absolute atomic E-state index is 0.0307. The summed E-state index contributed by atoms with van der Waals surface area (Å²) in [5.41, 5.74) is 1.26. The number of carbonyl (C=O) groups excluding carboxylic acids is 1. The number of nitrogens with zero attached hydrogens (tertiary/aromatic N) is 4. The zero-order valence-corrected chi connectivity index (χ0v) is 24.0. The molecule has 43 heavy (non-hydrogen) atoms. The van der Waals surface area contributed by atoms with Gasteiger partial charge in [0.2, 0.25) is 0 Å². The number of rotatable bonds is 8. The zero-order valence-electron chi connectivity index (χ0n) is 24.0. The van der Waals surface area contributed by atoms with E-state index < -0.39 is 35.9 Å². The molecule has 11 heteroatoms. The number of nitrogens with one attached hydrogen (secondary N) is 1. The summed E-state index contributed by atoms with van der Waals surface area (Å²) in [4.78, 5) is 22.6. The van der Waals surface area contributed by atoms with E-state index in [9.17, 15) is 14.3 Å². The first-order chi connectivity index (χ1) is 20.9. The van der Waals surface area contributed by atoms with E-state index in [4.69, 9.17) is 9.72 Å². The number of halogens is 3. The Kier molecular flexibility index (Phi) is 9.01. The Morgan fingerprint density at radius 1 is 1.12 bits per heavy atom. The van der Waals surface area contributed by atoms with Crippen LogP contribution in [0.1, 0.15) is 36.7 Å². The van der Waals surface area contributed by atoms with Crippen LogP contribution in [-0.4, -0.2) is 88.7 Å². The molecule has 0 radical (unpaired) electrons. The van der Waals surface area contributed by atoms with Gasteiger partial charge in [0.15, 0.2) is 0 Å². The van der Waals surface area contributed by atoms with Crippen LogP contribution in [0.5, 0.6) is 0 Å². The molecule has 2 amide bonds. The topological polar surface area (TPSA) is 82.9 Å². The highest BCUT2D eigenvalue weighted by atomic mass is 19.1. The maximum atomic E-state index is 15.1. The second kappa shape index (κ2) is 13.1. The minimum atomic E-state index is -1.11. The van der Waals surface area contributed by atoms with Crippen molar-refractivity contribution < 1.29 is 27.8 Å². The first-order valence-corrected chi connectivity index (χ1v) is 15.1. The molecule has 6 rings (SSSR count). The molecule has 0 saturated carbocycles. The number of imidazole rings is 1. The third-order valence-corrected chi connectivity index (χ3v) is 8.89. The van der Waals surface area contributed by atoms with E-state index in [2.05, 4.69) is 5.32 Å². The van der Waals surface area contributed by atoms with Crippen molar-refractivity contribution in [1.29, 1.82) is 0 Å². The molecule has 2 N–H and O–H groups in total. The van der Waals surface area contributed by atoms with Gasteiger partial charge in [0.25, 0.3) is 0 Å². The van der Waals surface area contributed by atoms with Crippen molar-refractivity contribution in [3.05, 3.63) is 77.8 Å². The van der Waals surface area contributed by atoms with Gasteiger partial charge in [0, 0.05) is 70.2 Å². The van der Waals surface area contributed by atoms with Crippen LogP contribution in [0.3, 0.4) is 0 Å². The number of benzene rings is 2. The van der Waals surface area contributed by atoms with Crippen molar-refractivity contribution >= 4 is 6.03 Å². The number of ether oxygens (including phenoxy) is 1. The minimum Gasteiger partial charge on any atom is -0.391 e. The fourth-order valence-electron chi connectivity index (χ4n) is 6.57. The van der Waals surface area contributed by atoms with Crippen molar-refractivity contribution in [1.82, 2.24) is 24.7 Å². The summed E-state index contributed by atoms with van der Waals surface area (Å²) < 4.78 is 52.0. The number of alkyl halides is 1. The highest BCUT2D eigenvalue weighted by molar-refractivity contribution is 5.75. The van der Waals surface area contributed by atoms with Gasteiger partial charge in [0.05, 0.1) is 17.8 Å². The molecule has 0 bridgehead atoms. The standard InChI is InChI=1S/C32H38F3N5O3/c33-24-6-7-27(34)26(14-24)29-20-39(17-21-4-2-1-3-5-21)31(37-29)30(22-9-12-43-13-10-22)40(18-23-15-36-16-28(23)35)32(42)38-11-8-25(41)19-38/h1-7,14,20,22-23,25,28,30,36,41H,8-13,15-19H2/t23-,25+,28-,30?/m0/s1. The summed E-state index contributed by atoms with van der Waals surface area (Å²) >= 11 is 0. The van der Waals surface area contributed by atoms with Crippen molar-refractivity contribution in [2.45, 2.75) is 44.1 Å². The Bertz CT molecular complexity index is 1400. The number of aromatic nitrogens is 2. The molecule has 0 aliphatic carbocycles. The molecule has 3 aliphatic heterocycles. The normalized spacial score (nSPS) is 23.5. The lowest BCUT2D eigenvalue weighted by atomic mass is 9.89. The maximum Gasteiger partial charge on any atom is 0.320 e. The number of urea groups is 1. The first-order valence-electron chi connectivity index (χ1n) is 15.1. The van der Waals surface area contributed by atoms with Crippen molar-refractivity contribution in [2.24, 2.45) is 11.8 Å². The van der Waals surface area contributed by atoms with Gasteiger partial charge in [-0.2, -0.15) is 0 Å². The van der Waals surface area contributed by atoms with Crippen LogP contribution in [0.2, 0.25) is 0 Å². The predicted molar refractivity (Wildman–Crippen MR) is 155 cm³/mol. The molecule has 4 atom stereocenters. The molecule has 1 unspecified atom stereocenters. The second-order valence-electron chi connectivity index (χ2n) is 11.9. The average Bonchev–Trinajstić information content (AvgIpc) is 3.75. The van der Waals surface area contributed by atoms with Gasteiger partial charge in [-0.3, -0.25) is 0 Å². The number of aliphatic hydroxyl groups excluding tert-OH is 1. The molecule has 1 aromatic heterocycles. The summed E-state index contributed by atoms with van der Waals surface area (Å²) in [5, 5.41) is 13.4. The van der Waals surface area contributed by atoms with E-state index in [-0.39, 0.29) is 42.8 Å². The molecule has 4 heterocycles. The largest absolute Gasteiger partial charge is 0.391 e. The summed E-state index contributed by atoms with van der Waals surface area (Å²) in [6, 6.07) is 12.1. The third-order valence-electron chi connectivity index (χ3n) is 8.89. The van der Waals surface area contributed by atoms with Gasteiger partial charge in [-0.15, -0.1) is 0 Å². The van der Waals surface area contributed by atoms with Gasteiger partial charge in [-0.25, -0.2) is 22.9 Å². The van der Waals surface area contributed by atoms with E-state index in [1.54, 1.807) is 16.0 Å². The van der Waals surface area contributed by atoms with Crippen LogP contribution >= 0.6 is 0 Å². The number of hydrogen-bond donors (Lipinski definition) is 2. The molecule has 3 aliphatic rings. The highest BCUT2D eigenvalue weighted by Crippen LogP contribution is 2.39. The van der Waals surface area contributed by atoms with Crippen LogP contribution < -0.4 is 5.32 Å². The monoisotopic (exact) mass is 597 g/mol. The van der Waals surface area contributed by atoms with E-state index in [0.29, 0.717) is 57.9 Å². The van der Waals surface area contributed by atoms with Gasteiger partial charge < -0.3 is 29.5 Å². The smallest absolute Gasteiger partial charge is 0.320 e. The van der Waals surface area contributed by atoms with Crippen LogP contribution in [0.25, 0.3) is 11.3 Å². The average molecular weight is 598 g/mol. The van der Waals surface area contributed by atoms with E-state index in [0.717, 1.165) is 23.8 Å². The summed E-state index contributed by atoms with van der Waals surface area (Å²) in [7, 11) is 0. The first kappa shape index (κ1) is 29.7. The molecule has 2 aromatic carbocycles. The summed E-state index contributed by atoms with van der Waals surface area (Å²) in [6.45, 7) is 2.83. The predicted octanol–water partition coefficient (Wildman–Crippen LogP) is 4.39. The maximum absolute atomic E-state index is 15.1. The van der Waals surface area contributed by atoms with Crippen molar-refractivity contribution in [2.75, 3.05) is 45.9 Å². The van der Waals surface area contributed by atoms with Gasteiger partial charge >= 0.3 is 6.03 Å². The van der Waals surface area contributed by atoms with E-state index in [1.807, 2.05) is 34.9 Å². The third kappa shape index (κ3) is 6.58. The van der Waals surface area contributed by atoms with Crippen LogP contribution in [0, 0.1) is 23.5 Å². The molecule has 3 saturated heterocycles. The van der Waals surface area contributed by atoms with Gasteiger partial charge in [-0.1, -0.05) is 30.3 Å². The SMILES string of the molecule is O=C(N1CC[C@@H](O)C1)N(C[C@@H]1CNC[C@@H]1F)C(c1nc(-c2cc(F)ccc2F)cn1Cc1ccccc1)C1CCOCC1. The number of aliphatic hydroxyl groups is 1. The number of hydrogen-bond acceptors (Lipinski definition) is 5. The second-order valence-corrected chi connectivity index (χ2v) is 11.9. The molecule has 3 aromatic rings. The molecular formula is C32H38F3N5O3. The molecule has 0 spiro atoms. The number of amides is 2. The number of carbonyl (C=O) groups is 1. The molecule has 8 nitrogen and oxygen atoms in total. The highest BCUT2D eigenvalue weighted by Gasteiger charge is 2.42. The molecule has 3 fully saturated rings. The molecule has 230 valence electrons. The Morgan fingerprint density at radius 2 is 1.91 bits per heavy atom. The fraction of sp³-hybridized carbons (Fsp3) is 0.500. The van der Waals surface area contributed by atoms with Gasteiger partial charge in [-0.05, 0) is 48.9 Å². The quantitative estimate of drug-likeness (QED) is 0.403. The van der Waals surface area contributed by atoms with Crippen LogP contribution in [-0.2, 0) is 11.3 Å². The number of likely N-dealkylation sites (tertiary alicyclic amines) is 1. The van der Waals surface area contributed by atoms with Crippen LogP contribution in [0.15, 0.2) is 54.7 Å². The zero-order chi connectivity index (χ0) is 29.9. The van der Waals surface area contributed by atoms with Crippen LogP contribution in [0.4, 0.5) is 18.0 Å². The Balaban J connectivity index is 1.48.